The number of nitrogens with one attached hydrogen (secondary N) is 2. The Bertz CT molecular complexity index is 821. The molecule has 0 saturated carbocycles. The quantitative estimate of drug-likeness (QED) is 0.454. The van der Waals surface area contributed by atoms with E-state index in [0.717, 1.165) is 0 Å². The van der Waals surface area contributed by atoms with Crippen LogP contribution < -0.4 is 16.6 Å². The first kappa shape index (κ1) is 23.2. The Labute approximate surface area is 169 Å². The second-order valence-corrected chi connectivity index (χ2v) is 7.38. The summed E-state index contributed by atoms with van der Waals surface area (Å²) in [4.78, 5) is 41.0. The summed E-state index contributed by atoms with van der Waals surface area (Å²) >= 11 is 0. The van der Waals surface area contributed by atoms with Crippen LogP contribution in [0.5, 0.6) is 0 Å². The fourth-order valence-corrected chi connectivity index (χ4v) is 3.29. The lowest BCUT2D eigenvalue weighted by Gasteiger charge is -2.38. The molecule has 2 rings (SSSR count). The number of aryl methyl sites for hydroxylation is 1. The Morgan fingerprint density at radius 3 is 2.59 bits per heavy atom. The van der Waals surface area contributed by atoms with Crippen molar-refractivity contribution in [2.45, 2.75) is 71.7 Å². The average molecular weight is 410 g/mol. The lowest BCUT2D eigenvalue weighted by atomic mass is 10.2. The summed E-state index contributed by atoms with van der Waals surface area (Å²) < 4.78 is 7.28. The summed E-state index contributed by atoms with van der Waals surface area (Å²) in [6.07, 6.45) is 0.144. The molecule has 2 N–H and O–H groups in total. The number of hydrazine groups is 1. The molecule has 1 saturated heterocycles. The fraction of sp³-hybridized carbons (Fsp3) is 0.722. The van der Waals surface area contributed by atoms with E-state index < -0.39 is 29.8 Å². The number of aromatic nitrogens is 2. The summed E-state index contributed by atoms with van der Waals surface area (Å²) in [7, 11) is 1.72. The molecule has 2 heterocycles. The summed E-state index contributed by atoms with van der Waals surface area (Å²) in [5.74, 6) is 0. The first-order valence-electron chi connectivity index (χ1n) is 9.55. The van der Waals surface area contributed by atoms with Crippen LogP contribution in [0.15, 0.2) is 15.8 Å². The first-order valence-corrected chi connectivity index (χ1v) is 9.55. The number of rotatable bonds is 9. The van der Waals surface area contributed by atoms with Gasteiger partial charge in [0.2, 0.25) is 0 Å². The maximum Gasteiger partial charge on any atom is 0.337 e. The second-order valence-electron chi connectivity index (χ2n) is 7.38. The van der Waals surface area contributed by atoms with Crippen LogP contribution in [0.4, 0.5) is 0 Å². The maximum atomic E-state index is 12.2. The zero-order valence-electron chi connectivity index (χ0n) is 17.7. The molecule has 0 radical (unpaired) electrons. The molecule has 0 aromatic carbocycles. The Kier molecular flexibility index (Phi) is 8.09. The van der Waals surface area contributed by atoms with Crippen LogP contribution >= 0.6 is 0 Å². The lowest BCUT2D eigenvalue weighted by Crippen LogP contribution is -2.53. The van der Waals surface area contributed by atoms with Crippen molar-refractivity contribution in [1.29, 1.82) is 0 Å². The van der Waals surface area contributed by atoms with Gasteiger partial charge in [-0.1, -0.05) is 0 Å². The van der Waals surface area contributed by atoms with Crippen molar-refractivity contribution < 1.29 is 14.4 Å². The van der Waals surface area contributed by atoms with Gasteiger partial charge in [0.1, 0.15) is 18.6 Å². The molecule has 0 amide bonds. The molecule has 0 bridgehead atoms. The minimum Gasteiger partial charge on any atom is -0.337 e. The normalized spacial score (nSPS) is 22.2. The zero-order valence-corrected chi connectivity index (χ0v) is 17.7. The third kappa shape index (κ3) is 5.51. The van der Waals surface area contributed by atoms with Crippen molar-refractivity contribution in [1.82, 2.24) is 25.2 Å². The van der Waals surface area contributed by atoms with E-state index >= 15 is 0 Å². The van der Waals surface area contributed by atoms with Crippen LogP contribution in [0.3, 0.4) is 0 Å². The number of H-pyrrole nitrogens is 1. The van der Waals surface area contributed by atoms with Gasteiger partial charge in [-0.25, -0.2) is 11.4 Å². The summed E-state index contributed by atoms with van der Waals surface area (Å²) in [6.45, 7) is 16.4. The van der Waals surface area contributed by atoms with Gasteiger partial charge < -0.3 is 4.74 Å². The SMILES string of the molecule is [C-]#[N+]CON(OC1CC(n2cc(C)c(=O)[nH]c2=O)OC1NC)N(C(C)C)C(C)C. The molecule has 0 aliphatic carbocycles. The van der Waals surface area contributed by atoms with Gasteiger partial charge in [-0.3, -0.25) is 29.3 Å². The molecular formula is C18H30N6O5. The van der Waals surface area contributed by atoms with Crippen LogP contribution in [0.2, 0.25) is 0 Å². The van der Waals surface area contributed by atoms with Crippen molar-refractivity contribution >= 4 is 0 Å². The van der Waals surface area contributed by atoms with Gasteiger partial charge in [0.15, 0.2) is 0 Å². The molecule has 11 nitrogen and oxygen atoms in total. The van der Waals surface area contributed by atoms with Crippen molar-refractivity contribution in [2.24, 2.45) is 0 Å². The highest BCUT2D eigenvalue weighted by Gasteiger charge is 2.40. The number of ether oxygens (including phenoxy) is 1. The number of hydrogen-bond donors (Lipinski definition) is 2. The molecule has 0 spiro atoms. The minimum atomic E-state index is -0.630. The highest BCUT2D eigenvalue weighted by molar-refractivity contribution is 5.02. The summed E-state index contributed by atoms with van der Waals surface area (Å²) in [5, 5.41) is 6.13. The topological polar surface area (TPSA) is 105 Å². The zero-order chi connectivity index (χ0) is 21.7. The Morgan fingerprint density at radius 1 is 1.38 bits per heavy atom. The molecule has 3 atom stereocenters. The summed E-state index contributed by atoms with van der Waals surface area (Å²) in [6, 6.07) is 0.104. The van der Waals surface area contributed by atoms with E-state index in [0.29, 0.717) is 12.0 Å². The number of hydrogen-bond acceptors (Lipinski definition) is 8. The van der Waals surface area contributed by atoms with E-state index in [-0.39, 0.29) is 18.8 Å². The van der Waals surface area contributed by atoms with Gasteiger partial charge in [0.25, 0.3) is 5.56 Å². The highest BCUT2D eigenvalue weighted by Crippen LogP contribution is 2.30. The Balaban J connectivity index is 2.25. The van der Waals surface area contributed by atoms with Gasteiger partial charge >= 0.3 is 12.4 Å². The highest BCUT2D eigenvalue weighted by atomic mass is 17.0. The predicted octanol–water partition coefficient (Wildman–Crippen LogP) is 0.754. The number of aromatic amines is 1. The van der Waals surface area contributed by atoms with Crippen molar-refractivity contribution in [3.8, 4) is 0 Å². The molecule has 162 valence electrons. The average Bonchev–Trinajstić information content (AvgIpc) is 3.04. The van der Waals surface area contributed by atoms with Crippen LogP contribution in [0.1, 0.15) is 45.9 Å². The molecule has 1 aliphatic heterocycles. The molecule has 3 unspecified atom stereocenters. The van der Waals surface area contributed by atoms with Crippen molar-refractivity contribution in [3.63, 3.8) is 0 Å². The number of nitrogens with zero attached hydrogens (tertiary/aromatic N) is 4. The van der Waals surface area contributed by atoms with E-state index in [9.17, 15) is 9.59 Å². The van der Waals surface area contributed by atoms with E-state index in [1.165, 1.54) is 16.1 Å². The van der Waals surface area contributed by atoms with E-state index in [4.69, 9.17) is 21.0 Å². The molecule has 1 aliphatic rings. The third-order valence-corrected chi connectivity index (χ3v) is 4.52. The molecule has 1 aromatic heterocycles. The fourth-order valence-electron chi connectivity index (χ4n) is 3.29. The van der Waals surface area contributed by atoms with Crippen molar-refractivity contribution in [3.05, 3.63) is 44.0 Å². The van der Waals surface area contributed by atoms with Gasteiger partial charge in [-0.15, -0.1) is 0 Å². The van der Waals surface area contributed by atoms with E-state index in [1.807, 2.05) is 32.7 Å². The van der Waals surface area contributed by atoms with Crippen LogP contribution in [-0.4, -0.2) is 58.1 Å². The van der Waals surface area contributed by atoms with E-state index in [2.05, 4.69) is 15.1 Å². The molecule has 29 heavy (non-hydrogen) atoms. The second kappa shape index (κ2) is 10.1. The van der Waals surface area contributed by atoms with Gasteiger partial charge in [-0.2, -0.15) is 9.85 Å². The largest absolute Gasteiger partial charge is 0.337 e. The summed E-state index contributed by atoms with van der Waals surface area (Å²) in [5.41, 5.74) is -0.565. The lowest BCUT2D eigenvalue weighted by molar-refractivity contribution is -0.484. The Morgan fingerprint density at radius 2 is 2.03 bits per heavy atom. The molecule has 1 aromatic rings. The van der Waals surface area contributed by atoms with Crippen molar-refractivity contribution in [2.75, 3.05) is 13.8 Å². The monoisotopic (exact) mass is 410 g/mol. The molecule has 11 heteroatoms. The van der Waals surface area contributed by atoms with E-state index in [1.54, 1.807) is 14.0 Å². The first-order chi connectivity index (χ1) is 13.7. The van der Waals surface area contributed by atoms with Gasteiger partial charge in [0, 0.05) is 35.6 Å². The van der Waals surface area contributed by atoms with Gasteiger partial charge in [0.05, 0.1) is 0 Å². The minimum absolute atomic E-state index is 0.0522. The smallest absolute Gasteiger partial charge is 0.337 e. The molecular weight excluding hydrogens is 380 g/mol. The predicted molar refractivity (Wildman–Crippen MR) is 105 cm³/mol. The van der Waals surface area contributed by atoms with Crippen LogP contribution in [0, 0.1) is 13.5 Å². The van der Waals surface area contributed by atoms with Gasteiger partial charge in [-0.05, 0) is 41.7 Å². The standard InChI is InChI=1S/C18H30N6O5/c1-11(2)23(12(3)4)24(27-10-19-6)29-14-8-15(28-17(14)20-7)22-9-13(5)16(25)21-18(22)26/h9,11-12,14-15,17,20H,8,10H2,1-5,7H3,(H,21,25,26). The third-order valence-electron chi connectivity index (χ3n) is 4.52. The molecule has 1 fully saturated rings. The van der Waals surface area contributed by atoms with Crippen LogP contribution in [0.25, 0.3) is 4.85 Å². The maximum absolute atomic E-state index is 12.2. The number of likely N-dealkylation sites (N-methyl/N-ethyl adjacent to an activating group) is 1. The Hall–Kier alpha value is -2.07. The van der Waals surface area contributed by atoms with Crippen LogP contribution in [-0.2, 0) is 14.4 Å².